The molecule has 34 heavy (non-hydrogen) atoms. The van der Waals surface area contributed by atoms with E-state index in [1.165, 1.54) is 12.3 Å². The van der Waals surface area contributed by atoms with Gasteiger partial charge in [-0.2, -0.15) is 0 Å². The number of nitrogens with one attached hydrogen (secondary N) is 1. The largest absolute Gasteiger partial charge is 0.398 e. The van der Waals surface area contributed by atoms with Crippen LogP contribution in [0.5, 0.6) is 0 Å². The molecule has 0 fully saturated rings. The predicted molar refractivity (Wildman–Crippen MR) is 138 cm³/mol. The van der Waals surface area contributed by atoms with Crippen molar-refractivity contribution in [3.05, 3.63) is 77.6 Å². The first kappa shape index (κ1) is 25.3. The highest BCUT2D eigenvalue weighted by molar-refractivity contribution is 7.85. The van der Waals surface area contributed by atoms with Crippen LogP contribution in [0.15, 0.2) is 65.7 Å². The highest BCUT2D eigenvalue weighted by Gasteiger charge is 2.15. The molecule has 5 N–H and O–H groups in total. The number of rotatable bonds is 10. The van der Waals surface area contributed by atoms with Crippen molar-refractivity contribution in [2.45, 2.75) is 43.9 Å². The summed E-state index contributed by atoms with van der Waals surface area (Å²) in [6.45, 7) is 7.68. The molecule has 8 heteroatoms. The maximum absolute atomic E-state index is 12.9. The highest BCUT2D eigenvalue weighted by Crippen LogP contribution is 2.22. The second-order valence-corrected chi connectivity index (χ2v) is 10.2. The molecule has 0 bridgehead atoms. The van der Waals surface area contributed by atoms with Gasteiger partial charge in [0.05, 0.1) is 22.7 Å². The van der Waals surface area contributed by atoms with Gasteiger partial charge in [-0.05, 0) is 36.2 Å². The first-order valence-electron chi connectivity index (χ1n) is 11.2. The van der Waals surface area contributed by atoms with Gasteiger partial charge in [0.15, 0.2) is 11.5 Å². The zero-order valence-electron chi connectivity index (χ0n) is 19.7. The van der Waals surface area contributed by atoms with E-state index in [-0.39, 0.29) is 16.8 Å². The van der Waals surface area contributed by atoms with Gasteiger partial charge < -0.3 is 16.8 Å². The van der Waals surface area contributed by atoms with E-state index < -0.39 is 16.6 Å². The molecule has 0 radical (unpaired) electrons. The standard InChI is InChI=1S/C26H31N5O2S/c1-4-13-29-15-18-5-7-19(8-6-18)22(27)14-24(32)25-26(28)30-16-23(31-25)20-9-11-21(12-10-20)34(33)17(2)3/h5-12,14,16-17,29H,4,13,15,27H2,1-3H3,(H2,28,30). The number of aromatic nitrogens is 2. The van der Waals surface area contributed by atoms with Crippen LogP contribution in [0.25, 0.3) is 17.0 Å². The van der Waals surface area contributed by atoms with Gasteiger partial charge >= 0.3 is 0 Å². The van der Waals surface area contributed by atoms with Crippen LogP contribution in [-0.2, 0) is 17.3 Å². The summed E-state index contributed by atoms with van der Waals surface area (Å²) in [5, 5.41) is 3.37. The van der Waals surface area contributed by atoms with Gasteiger partial charge in [0.25, 0.3) is 0 Å². The molecule has 3 aromatic rings. The van der Waals surface area contributed by atoms with Crippen LogP contribution in [0.1, 0.15) is 48.8 Å². The van der Waals surface area contributed by atoms with Crippen molar-refractivity contribution in [3.8, 4) is 11.3 Å². The van der Waals surface area contributed by atoms with Gasteiger partial charge in [-0.25, -0.2) is 9.97 Å². The lowest BCUT2D eigenvalue weighted by molar-refractivity contribution is 0.104. The molecule has 0 spiro atoms. The molecule has 178 valence electrons. The highest BCUT2D eigenvalue weighted by atomic mass is 32.2. The summed E-state index contributed by atoms with van der Waals surface area (Å²) >= 11 is 0. The van der Waals surface area contributed by atoms with Crippen molar-refractivity contribution in [1.29, 1.82) is 0 Å². The van der Waals surface area contributed by atoms with E-state index in [1.54, 1.807) is 12.1 Å². The van der Waals surface area contributed by atoms with Crippen LogP contribution >= 0.6 is 0 Å². The number of benzene rings is 2. The molecule has 1 unspecified atom stereocenters. The Hall–Kier alpha value is -3.36. The van der Waals surface area contributed by atoms with Gasteiger partial charge in [-0.15, -0.1) is 0 Å². The Morgan fingerprint density at radius 2 is 1.79 bits per heavy atom. The average molecular weight is 478 g/mol. The quantitative estimate of drug-likeness (QED) is 0.230. The second-order valence-electron chi connectivity index (χ2n) is 8.20. The molecule has 3 rings (SSSR count). The average Bonchev–Trinajstić information content (AvgIpc) is 2.84. The number of hydrogen-bond donors (Lipinski definition) is 3. The van der Waals surface area contributed by atoms with Gasteiger partial charge in [-0.1, -0.05) is 57.2 Å². The van der Waals surface area contributed by atoms with Crippen molar-refractivity contribution >= 4 is 28.1 Å². The molecular formula is C26H31N5O2S. The van der Waals surface area contributed by atoms with Gasteiger partial charge in [0.2, 0.25) is 5.78 Å². The molecule has 1 atom stereocenters. The van der Waals surface area contributed by atoms with Crippen LogP contribution in [-0.4, -0.2) is 31.8 Å². The topological polar surface area (TPSA) is 124 Å². The molecular weight excluding hydrogens is 446 g/mol. The number of nitrogen functional groups attached to an aromatic ring is 1. The van der Waals surface area contributed by atoms with Gasteiger partial charge in [0, 0.05) is 34.0 Å². The Morgan fingerprint density at radius 3 is 2.41 bits per heavy atom. The third-order valence-electron chi connectivity index (χ3n) is 5.17. The summed E-state index contributed by atoms with van der Waals surface area (Å²) < 4.78 is 12.3. The predicted octanol–water partition coefficient (Wildman–Crippen LogP) is 3.92. The maximum Gasteiger partial charge on any atom is 0.210 e. The molecule has 2 aromatic carbocycles. The zero-order valence-corrected chi connectivity index (χ0v) is 20.6. The van der Waals surface area contributed by atoms with E-state index in [9.17, 15) is 9.00 Å². The second kappa shape index (κ2) is 11.7. The number of allylic oxidation sites excluding steroid dienone is 1. The molecule has 1 heterocycles. The summed E-state index contributed by atoms with van der Waals surface area (Å²) in [7, 11) is -1.08. The fourth-order valence-corrected chi connectivity index (χ4v) is 4.22. The fraction of sp³-hybridized carbons (Fsp3) is 0.269. The van der Waals surface area contributed by atoms with Crippen molar-refractivity contribution in [3.63, 3.8) is 0 Å². The smallest absolute Gasteiger partial charge is 0.210 e. The molecule has 0 aliphatic heterocycles. The van der Waals surface area contributed by atoms with Crippen LogP contribution in [0.3, 0.4) is 0 Å². The van der Waals surface area contributed by atoms with Crippen molar-refractivity contribution < 1.29 is 9.00 Å². The lowest BCUT2D eigenvalue weighted by Gasteiger charge is -2.08. The van der Waals surface area contributed by atoms with E-state index >= 15 is 0 Å². The third-order valence-corrected chi connectivity index (χ3v) is 6.77. The van der Waals surface area contributed by atoms with Crippen LogP contribution in [0.4, 0.5) is 5.82 Å². The summed E-state index contributed by atoms with van der Waals surface area (Å²) in [5.74, 6) is -0.386. The first-order chi connectivity index (χ1) is 16.3. The molecule has 0 saturated carbocycles. The Balaban J connectivity index is 1.79. The number of nitrogens with two attached hydrogens (primary N) is 2. The summed E-state index contributed by atoms with van der Waals surface area (Å²) in [4.78, 5) is 22.2. The normalized spacial score (nSPS) is 12.6. The van der Waals surface area contributed by atoms with Crippen molar-refractivity contribution in [1.82, 2.24) is 15.3 Å². The minimum atomic E-state index is -1.08. The fourth-order valence-electron chi connectivity index (χ4n) is 3.27. The zero-order chi connectivity index (χ0) is 24.7. The van der Waals surface area contributed by atoms with Crippen molar-refractivity contribution in [2.24, 2.45) is 5.73 Å². The van der Waals surface area contributed by atoms with E-state index in [0.29, 0.717) is 11.4 Å². The van der Waals surface area contributed by atoms with E-state index in [0.717, 1.165) is 41.1 Å². The Bertz CT molecular complexity index is 1190. The third kappa shape index (κ3) is 6.36. The number of ketones is 1. The molecule has 1 aromatic heterocycles. The SMILES string of the molecule is CCCNCc1ccc(C(N)=CC(=O)c2nc(-c3ccc(S(=O)C(C)C)cc3)cnc2N)cc1. The van der Waals surface area contributed by atoms with Gasteiger partial charge in [0.1, 0.15) is 0 Å². The molecule has 0 aliphatic rings. The van der Waals surface area contributed by atoms with E-state index in [4.69, 9.17) is 11.5 Å². The summed E-state index contributed by atoms with van der Waals surface area (Å²) in [6, 6.07) is 14.9. The van der Waals surface area contributed by atoms with Crippen LogP contribution in [0, 0.1) is 0 Å². The number of hydrogen-bond acceptors (Lipinski definition) is 7. The summed E-state index contributed by atoms with van der Waals surface area (Å²) in [6.07, 6.45) is 3.91. The molecule has 0 amide bonds. The molecule has 0 saturated heterocycles. The lowest BCUT2D eigenvalue weighted by Crippen LogP contribution is -2.13. The number of carbonyl (C=O) groups excluding carboxylic acids is 1. The minimum absolute atomic E-state index is 0.0255. The Morgan fingerprint density at radius 1 is 1.12 bits per heavy atom. The number of nitrogens with zero attached hydrogens (tertiary/aromatic N) is 2. The summed E-state index contributed by atoms with van der Waals surface area (Å²) in [5.41, 5.74) is 15.6. The van der Waals surface area contributed by atoms with Crippen molar-refractivity contribution in [2.75, 3.05) is 12.3 Å². The van der Waals surface area contributed by atoms with Gasteiger partial charge in [-0.3, -0.25) is 9.00 Å². The van der Waals surface area contributed by atoms with Crippen LogP contribution in [0.2, 0.25) is 0 Å². The number of anilines is 1. The molecule has 0 aliphatic carbocycles. The van der Waals surface area contributed by atoms with Crippen LogP contribution < -0.4 is 16.8 Å². The Kier molecular flexibility index (Phi) is 8.67. The van der Waals surface area contributed by atoms with E-state index in [1.807, 2.05) is 50.2 Å². The maximum atomic E-state index is 12.9. The number of carbonyl (C=O) groups is 1. The lowest BCUT2D eigenvalue weighted by atomic mass is 10.1. The Labute approximate surface area is 203 Å². The monoisotopic (exact) mass is 477 g/mol. The van der Waals surface area contributed by atoms with E-state index in [2.05, 4.69) is 22.2 Å². The molecule has 7 nitrogen and oxygen atoms in total. The first-order valence-corrected chi connectivity index (χ1v) is 12.5. The minimum Gasteiger partial charge on any atom is -0.398 e.